The van der Waals surface area contributed by atoms with E-state index in [1.165, 1.54) is 0 Å². The molecule has 2 aromatic rings. The Balaban J connectivity index is 1.67. The number of anilines is 2. The van der Waals surface area contributed by atoms with E-state index >= 15 is 0 Å². The molecule has 136 valence electrons. The van der Waals surface area contributed by atoms with E-state index in [0.717, 1.165) is 22.5 Å². The number of nitrogens with one attached hydrogen (secondary N) is 1. The first-order valence-corrected chi connectivity index (χ1v) is 8.56. The van der Waals surface area contributed by atoms with Gasteiger partial charge in [0.1, 0.15) is 12.3 Å². The van der Waals surface area contributed by atoms with Crippen molar-refractivity contribution >= 4 is 23.3 Å². The molecule has 0 bridgehead atoms. The van der Waals surface area contributed by atoms with Gasteiger partial charge in [-0.3, -0.25) is 9.69 Å². The van der Waals surface area contributed by atoms with Crippen LogP contribution in [-0.2, 0) is 4.79 Å². The first-order valence-electron chi connectivity index (χ1n) is 8.56. The summed E-state index contributed by atoms with van der Waals surface area (Å²) < 4.78 is 5.33. The molecule has 1 heterocycles. The first kappa shape index (κ1) is 17.8. The molecule has 0 saturated carbocycles. The third-order valence-electron chi connectivity index (χ3n) is 4.47. The second-order valence-corrected chi connectivity index (χ2v) is 6.39. The number of ether oxygens (including phenoxy) is 1. The predicted molar refractivity (Wildman–Crippen MR) is 102 cm³/mol. The Kier molecular flexibility index (Phi) is 5.11. The number of rotatable bonds is 5. The van der Waals surface area contributed by atoms with Gasteiger partial charge in [-0.1, -0.05) is 24.3 Å². The predicted octanol–water partition coefficient (Wildman–Crippen LogP) is 3.19. The highest BCUT2D eigenvalue weighted by Gasteiger charge is 2.32. The van der Waals surface area contributed by atoms with Crippen molar-refractivity contribution in [3.63, 3.8) is 0 Å². The van der Waals surface area contributed by atoms with Crippen LogP contribution in [0.25, 0.3) is 0 Å². The molecule has 0 aromatic heterocycles. The highest BCUT2D eigenvalue weighted by Crippen LogP contribution is 2.30. The van der Waals surface area contributed by atoms with Gasteiger partial charge in [-0.2, -0.15) is 0 Å². The molecule has 26 heavy (non-hydrogen) atoms. The van der Waals surface area contributed by atoms with Crippen molar-refractivity contribution in [3.05, 3.63) is 53.6 Å². The highest BCUT2D eigenvalue weighted by atomic mass is 16.5. The number of amides is 3. The standard InChI is InChI=1S/C20H23N3O3/c1-14-8-9-15(2)16(12-14)21-19(24)13-22-10-11-23(20(22)25)17-6-4-5-7-18(17)26-3/h4-9,12H,10-11,13H2,1-3H3,(H,21,24). The van der Waals surface area contributed by atoms with Crippen molar-refractivity contribution in [2.75, 3.05) is 37.0 Å². The maximum Gasteiger partial charge on any atom is 0.325 e. The molecular formula is C20H23N3O3. The summed E-state index contributed by atoms with van der Waals surface area (Å²) in [7, 11) is 1.58. The number of para-hydroxylation sites is 2. The molecule has 0 atom stereocenters. The van der Waals surface area contributed by atoms with Gasteiger partial charge in [0.2, 0.25) is 5.91 Å². The molecule has 0 radical (unpaired) electrons. The molecule has 6 nitrogen and oxygen atoms in total. The Bertz CT molecular complexity index is 835. The third kappa shape index (κ3) is 3.64. The van der Waals surface area contributed by atoms with Crippen LogP contribution < -0.4 is 15.0 Å². The lowest BCUT2D eigenvalue weighted by Gasteiger charge is -2.20. The molecule has 0 unspecified atom stereocenters. The van der Waals surface area contributed by atoms with Crippen LogP contribution in [0.5, 0.6) is 5.75 Å². The van der Waals surface area contributed by atoms with E-state index in [0.29, 0.717) is 18.8 Å². The fourth-order valence-corrected chi connectivity index (χ4v) is 3.04. The molecule has 3 rings (SSSR count). The van der Waals surface area contributed by atoms with Crippen molar-refractivity contribution in [3.8, 4) is 5.75 Å². The summed E-state index contributed by atoms with van der Waals surface area (Å²) in [6.07, 6.45) is 0. The summed E-state index contributed by atoms with van der Waals surface area (Å²) in [5.41, 5.74) is 3.57. The van der Waals surface area contributed by atoms with Crippen LogP contribution in [-0.4, -0.2) is 43.6 Å². The van der Waals surface area contributed by atoms with Crippen LogP contribution in [0.15, 0.2) is 42.5 Å². The van der Waals surface area contributed by atoms with Gasteiger partial charge in [0.25, 0.3) is 0 Å². The van der Waals surface area contributed by atoms with Crippen LogP contribution in [0.1, 0.15) is 11.1 Å². The first-order chi connectivity index (χ1) is 12.5. The molecule has 6 heteroatoms. The summed E-state index contributed by atoms with van der Waals surface area (Å²) in [5.74, 6) is 0.441. The number of carbonyl (C=O) groups is 2. The van der Waals surface area contributed by atoms with Crippen LogP contribution in [0, 0.1) is 13.8 Å². The van der Waals surface area contributed by atoms with Crippen LogP contribution >= 0.6 is 0 Å². The monoisotopic (exact) mass is 353 g/mol. The van der Waals surface area contributed by atoms with Gasteiger partial charge in [-0.05, 0) is 43.2 Å². The molecule has 1 aliphatic rings. The number of carbonyl (C=O) groups excluding carboxylic acids is 2. The van der Waals surface area contributed by atoms with E-state index in [2.05, 4.69) is 5.32 Å². The zero-order valence-electron chi connectivity index (χ0n) is 15.3. The largest absolute Gasteiger partial charge is 0.495 e. The number of hydrogen-bond donors (Lipinski definition) is 1. The Hall–Kier alpha value is -3.02. The molecule has 0 spiro atoms. The quantitative estimate of drug-likeness (QED) is 0.898. The van der Waals surface area contributed by atoms with Gasteiger partial charge in [0, 0.05) is 18.8 Å². The van der Waals surface area contributed by atoms with Crippen molar-refractivity contribution in [2.24, 2.45) is 0 Å². The maximum atomic E-state index is 12.7. The van der Waals surface area contributed by atoms with Crippen LogP contribution in [0.3, 0.4) is 0 Å². The van der Waals surface area contributed by atoms with Gasteiger partial charge in [-0.15, -0.1) is 0 Å². The van der Waals surface area contributed by atoms with Crippen molar-refractivity contribution in [1.82, 2.24) is 4.90 Å². The van der Waals surface area contributed by atoms with E-state index in [9.17, 15) is 9.59 Å². The van der Waals surface area contributed by atoms with Gasteiger partial charge >= 0.3 is 6.03 Å². The molecule has 1 fully saturated rings. The number of hydrogen-bond acceptors (Lipinski definition) is 3. The Morgan fingerprint density at radius 1 is 1.15 bits per heavy atom. The Morgan fingerprint density at radius 2 is 1.92 bits per heavy atom. The van der Waals surface area contributed by atoms with Gasteiger partial charge < -0.3 is 15.0 Å². The van der Waals surface area contributed by atoms with Crippen LogP contribution in [0.4, 0.5) is 16.2 Å². The van der Waals surface area contributed by atoms with E-state index in [-0.39, 0.29) is 18.5 Å². The lowest BCUT2D eigenvalue weighted by atomic mass is 10.1. The van der Waals surface area contributed by atoms with Crippen molar-refractivity contribution < 1.29 is 14.3 Å². The minimum absolute atomic E-state index is 0.0257. The topological polar surface area (TPSA) is 61.9 Å². The van der Waals surface area contributed by atoms with E-state index in [1.54, 1.807) is 16.9 Å². The fourth-order valence-electron chi connectivity index (χ4n) is 3.04. The van der Waals surface area contributed by atoms with E-state index < -0.39 is 0 Å². The van der Waals surface area contributed by atoms with Gasteiger partial charge in [0.15, 0.2) is 0 Å². The second-order valence-electron chi connectivity index (χ2n) is 6.39. The highest BCUT2D eigenvalue weighted by molar-refractivity contribution is 6.00. The number of benzene rings is 2. The normalized spacial score (nSPS) is 13.9. The zero-order chi connectivity index (χ0) is 18.7. The maximum absolute atomic E-state index is 12.7. The van der Waals surface area contributed by atoms with E-state index in [1.807, 2.05) is 56.3 Å². The average molecular weight is 353 g/mol. The van der Waals surface area contributed by atoms with Gasteiger partial charge in [-0.25, -0.2) is 4.79 Å². The molecule has 1 N–H and O–H groups in total. The summed E-state index contributed by atoms with van der Waals surface area (Å²) in [5, 5.41) is 2.90. The lowest BCUT2D eigenvalue weighted by Crippen LogP contribution is -2.37. The molecule has 0 aliphatic carbocycles. The Morgan fingerprint density at radius 3 is 2.69 bits per heavy atom. The molecule has 1 aliphatic heterocycles. The second kappa shape index (κ2) is 7.47. The SMILES string of the molecule is COc1ccccc1N1CCN(CC(=O)Nc2cc(C)ccc2C)C1=O. The van der Waals surface area contributed by atoms with Crippen molar-refractivity contribution in [2.45, 2.75) is 13.8 Å². The number of aryl methyl sites for hydroxylation is 2. The van der Waals surface area contributed by atoms with Gasteiger partial charge in [0.05, 0.1) is 12.8 Å². The third-order valence-corrected chi connectivity index (χ3v) is 4.47. The zero-order valence-corrected chi connectivity index (χ0v) is 15.3. The minimum Gasteiger partial charge on any atom is -0.495 e. The molecular weight excluding hydrogens is 330 g/mol. The smallest absolute Gasteiger partial charge is 0.325 e. The fraction of sp³-hybridized carbons (Fsp3) is 0.300. The lowest BCUT2D eigenvalue weighted by molar-refractivity contribution is -0.116. The average Bonchev–Trinajstić information content (AvgIpc) is 2.98. The summed E-state index contributed by atoms with van der Waals surface area (Å²) in [4.78, 5) is 28.3. The Labute approximate surface area is 153 Å². The summed E-state index contributed by atoms with van der Waals surface area (Å²) in [6, 6.07) is 13.1. The molecule has 3 amide bonds. The molecule has 1 saturated heterocycles. The van der Waals surface area contributed by atoms with E-state index in [4.69, 9.17) is 4.74 Å². The number of urea groups is 1. The number of methoxy groups -OCH3 is 1. The van der Waals surface area contributed by atoms with Crippen LogP contribution in [0.2, 0.25) is 0 Å². The number of nitrogens with zero attached hydrogens (tertiary/aromatic N) is 2. The summed E-state index contributed by atoms with van der Waals surface area (Å²) >= 11 is 0. The molecule has 2 aromatic carbocycles. The minimum atomic E-state index is -0.200. The summed E-state index contributed by atoms with van der Waals surface area (Å²) in [6.45, 7) is 4.97. The van der Waals surface area contributed by atoms with Crippen molar-refractivity contribution in [1.29, 1.82) is 0 Å².